The summed E-state index contributed by atoms with van der Waals surface area (Å²) in [6.45, 7) is 2.27. The van der Waals surface area contributed by atoms with E-state index < -0.39 is 10.0 Å². The Kier molecular flexibility index (Phi) is 5.91. The standard InChI is InChI=1S/C18H23N3O4S2/c1-3-27(23,24)20-14-9-8-13(12-16(14)25-2)19-18(22)21-10-4-6-15(21)17-7-5-11-26-17/h5,7-9,11-12,15,20H,3-4,6,10H2,1-2H3,(H,19,22)/t15-/m1/s1. The number of rotatable bonds is 6. The monoisotopic (exact) mass is 409 g/mol. The molecule has 0 bridgehead atoms. The van der Waals surface area contributed by atoms with E-state index in [2.05, 4.69) is 16.1 Å². The highest BCUT2D eigenvalue weighted by atomic mass is 32.2. The van der Waals surface area contributed by atoms with E-state index in [9.17, 15) is 13.2 Å². The van der Waals surface area contributed by atoms with Gasteiger partial charge in [0.15, 0.2) is 0 Å². The Hall–Kier alpha value is -2.26. The number of carbonyl (C=O) groups excluding carboxylic acids is 1. The van der Waals surface area contributed by atoms with Gasteiger partial charge in [-0.25, -0.2) is 13.2 Å². The van der Waals surface area contributed by atoms with Crippen molar-refractivity contribution in [2.75, 3.05) is 29.4 Å². The molecule has 27 heavy (non-hydrogen) atoms. The Balaban J connectivity index is 1.74. The van der Waals surface area contributed by atoms with E-state index in [-0.39, 0.29) is 17.8 Å². The summed E-state index contributed by atoms with van der Waals surface area (Å²) in [7, 11) is -1.95. The number of sulfonamides is 1. The SMILES string of the molecule is CCS(=O)(=O)Nc1ccc(NC(=O)N2CCC[C@@H]2c2cccs2)cc1OC. The summed E-state index contributed by atoms with van der Waals surface area (Å²) >= 11 is 1.66. The number of likely N-dealkylation sites (tertiary alicyclic amines) is 1. The van der Waals surface area contributed by atoms with E-state index in [0.29, 0.717) is 23.7 Å². The average molecular weight is 410 g/mol. The minimum Gasteiger partial charge on any atom is -0.494 e. The van der Waals surface area contributed by atoms with Crippen LogP contribution in [0.25, 0.3) is 0 Å². The number of thiophene rings is 1. The zero-order chi connectivity index (χ0) is 19.4. The molecule has 1 fully saturated rings. The van der Waals surface area contributed by atoms with Crippen molar-refractivity contribution in [3.63, 3.8) is 0 Å². The Bertz CT molecular complexity index is 897. The highest BCUT2D eigenvalue weighted by Gasteiger charge is 2.30. The van der Waals surface area contributed by atoms with E-state index >= 15 is 0 Å². The topological polar surface area (TPSA) is 87.7 Å². The lowest BCUT2D eigenvalue weighted by atomic mass is 10.2. The fourth-order valence-electron chi connectivity index (χ4n) is 3.07. The average Bonchev–Trinajstić information content (AvgIpc) is 3.33. The maximum atomic E-state index is 12.7. The molecule has 2 heterocycles. The van der Waals surface area contributed by atoms with Crippen molar-refractivity contribution in [2.24, 2.45) is 0 Å². The largest absolute Gasteiger partial charge is 0.494 e. The van der Waals surface area contributed by atoms with Gasteiger partial charge in [-0.1, -0.05) is 6.07 Å². The van der Waals surface area contributed by atoms with Crippen molar-refractivity contribution in [3.8, 4) is 5.75 Å². The van der Waals surface area contributed by atoms with Gasteiger partial charge < -0.3 is 15.0 Å². The Morgan fingerprint density at radius 1 is 1.37 bits per heavy atom. The van der Waals surface area contributed by atoms with Crippen LogP contribution in [-0.2, 0) is 10.0 Å². The number of urea groups is 1. The molecule has 0 spiro atoms. The third-order valence-electron chi connectivity index (χ3n) is 4.48. The molecule has 2 N–H and O–H groups in total. The minimum absolute atomic E-state index is 0.0340. The van der Waals surface area contributed by atoms with Gasteiger partial charge in [0.2, 0.25) is 10.0 Å². The zero-order valence-electron chi connectivity index (χ0n) is 15.3. The van der Waals surface area contributed by atoms with Gasteiger partial charge in [-0.05, 0) is 43.3 Å². The first kappa shape index (κ1) is 19.5. The number of amides is 2. The molecule has 1 aliphatic rings. The van der Waals surface area contributed by atoms with Crippen molar-refractivity contribution in [1.82, 2.24) is 4.90 Å². The molecule has 0 unspecified atom stereocenters. The molecule has 9 heteroatoms. The van der Waals surface area contributed by atoms with Gasteiger partial charge in [-0.3, -0.25) is 4.72 Å². The van der Waals surface area contributed by atoms with Gasteiger partial charge in [0.25, 0.3) is 0 Å². The molecule has 0 saturated carbocycles. The Labute approximate surface area is 163 Å². The molecule has 1 saturated heterocycles. The van der Waals surface area contributed by atoms with Gasteiger partial charge in [-0.2, -0.15) is 0 Å². The second-order valence-electron chi connectivity index (χ2n) is 6.22. The van der Waals surface area contributed by atoms with Crippen molar-refractivity contribution in [3.05, 3.63) is 40.6 Å². The molecule has 2 amide bonds. The quantitative estimate of drug-likeness (QED) is 0.758. The van der Waals surface area contributed by atoms with Crippen LogP contribution in [0.4, 0.5) is 16.2 Å². The summed E-state index contributed by atoms with van der Waals surface area (Å²) in [4.78, 5) is 15.8. The lowest BCUT2D eigenvalue weighted by Gasteiger charge is -2.24. The summed E-state index contributed by atoms with van der Waals surface area (Å²) in [6.07, 6.45) is 1.92. The van der Waals surface area contributed by atoms with Crippen LogP contribution in [0, 0.1) is 0 Å². The number of anilines is 2. The molecule has 1 aromatic heterocycles. The second-order valence-corrected chi connectivity index (χ2v) is 9.21. The highest BCUT2D eigenvalue weighted by molar-refractivity contribution is 7.92. The molecule has 146 valence electrons. The molecular formula is C18H23N3O4S2. The van der Waals surface area contributed by atoms with Crippen LogP contribution in [0.3, 0.4) is 0 Å². The maximum Gasteiger partial charge on any atom is 0.322 e. The predicted molar refractivity (Wildman–Crippen MR) is 108 cm³/mol. The molecule has 3 rings (SSSR count). The number of methoxy groups -OCH3 is 1. The van der Waals surface area contributed by atoms with Crippen LogP contribution >= 0.6 is 11.3 Å². The summed E-state index contributed by atoms with van der Waals surface area (Å²) in [5, 5.41) is 4.91. The van der Waals surface area contributed by atoms with Gasteiger partial charge >= 0.3 is 6.03 Å². The van der Waals surface area contributed by atoms with Gasteiger partial charge in [0.1, 0.15) is 5.75 Å². The molecule has 0 aliphatic carbocycles. The summed E-state index contributed by atoms with van der Waals surface area (Å²) in [5.74, 6) is 0.314. The van der Waals surface area contributed by atoms with Crippen LogP contribution in [-0.4, -0.2) is 38.8 Å². The number of hydrogen-bond donors (Lipinski definition) is 2. The van der Waals surface area contributed by atoms with Crippen molar-refractivity contribution in [2.45, 2.75) is 25.8 Å². The van der Waals surface area contributed by atoms with E-state index in [4.69, 9.17) is 4.74 Å². The highest BCUT2D eigenvalue weighted by Crippen LogP contribution is 2.35. The molecule has 1 atom stereocenters. The van der Waals surface area contributed by atoms with Crippen molar-refractivity contribution >= 4 is 38.8 Å². The normalized spacial score (nSPS) is 17.0. The van der Waals surface area contributed by atoms with E-state index in [1.165, 1.54) is 12.0 Å². The lowest BCUT2D eigenvalue weighted by molar-refractivity contribution is 0.208. The van der Waals surface area contributed by atoms with Crippen LogP contribution in [0.2, 0.25) is 0 Å². The summed E-state index contributed by atoms with van der Waals surface area (Å²) in [6, 6.07) is 8.83. The molecule has 0 radical (unpaired) electrons. The number of carbonyl (C=O) groups is 1. The third kappa shape index (κ3) is 4.54. The number of benzene rings is 1. The molecule has 2 aromatic rings. The fraction of sp³-hybridized carbons (Fsp3) is 0.389. The first-order valence-electron chi connectivity index (χ1n) is 8.73. The lowest BCUT2D eigenvalue weighted by Crippen LogP contribution is -2.34. The van der Waals surface area contributed by atoms with E-state index in [1.807, 2.05) is 16.3 Å². The van der Waals surface area contributed by atoms with Gasteiger partial charge in [0.05, 0.1) is 24.6 Å². The summed E-state index contributed by atoms with van der Waals surface area (Å²) in [5.41, 5.74) is 0.892. The Morgan fingerprint density at radius 3 is 2.85 bits per heavy atom. The van der Waals surface area contributed by atoms with E-state index in [0.717, 1.165) is 12.8 Å². The fourth-order valence-corrected chi connectivity index (χ4v) is 4.60. The molecule has 1 aliphatic heterocycles. The first-order chi connectivity index (χ1) is 12.9. The van der Waals surface area contributed by atoms with Crippen LogP contribution in [0.5, 0.6) is 5.75 Å². The number of ether oxygens (including phenoxy) is 1. The van der Waals surface area contributed by atoms with Gasteiger partial charge in [0, 0.05) is 23.2 Å². The number of nitrogens with one attached hydrogen (secondary N) is 2. The van der Waals surface area contributed by atoms with Gasteiger partial charge in [-0.15, -0.1) is 11.3 Å². The van der Waals surface area contributed by atoms with Crippen LogP contribution in [0.15, 0.2) is 35.7 Å². The first-order valence-corrected chi connectivity index (χ1v) is 11.3. The second kappa shape index (κ2) is 8.18. The molecule has 7 nitrogen and oxygen atoms in total. The number of nitrogens with zero attached hydrogens (tertiary/aromatic N) is 1. The van der Waals surface area contributed by atoms with Crippen LogP contribution < -0.4 is 14.8 Å². The Morgan fingerprint density at radius 2 is 2.19 bits per heavy atom. The smallest absolute Gasteiger partial charge is 0.322 e. The maximum absolute atomic E-state index is 12.7. The zero-order valence-corrected chi connectivity index (χ0v) is 16.9. The minimum atomic E-state index is -3.41. The third-order valence-corrected chi connectivity index (χ3v) is 6.75. The summed E-state index contributed by atoms with van der Waals surface area (Å²) < 4.78 is 31.3. The van der Waals surface area contributed by atoms with Crippen molar-refractivity contribution in [1.29, 1.82) is 0 Å². The van der Waals surface area contributed by atoms with Crippen LogP contribution in [0.1, 0.15) is 30.7 Å². The van der Waals surface area contributed by atoms with E-state index in [1.54, 1.807) is 36.5 Å². The number of hydrogen-bond acceptors (Lipinski definition) is 5. The predicted octanol–water partition coefficient (Wildman–Crippen LogP) is 3.89. The van der Waals surface area contributed by atoms with Crippen molar-refractivity contribution < 1.29 is 17.9 Å². The molecule has 1 aromatic carbocycles. The molecular weight excluding hydrogens is 386 g/mol.